The van der Waals surface area contributed by atoms with Crippen molar-refractivity contribution in [2.75, 3.05) is 17.4 Å². The molecule has 0 saturated heterocycles. The van der Waals surface area contributed by atoms with Crippen molar-refractivity contribution in [1.29, 1.82) is 0 Å². The molecular formula is C10H16N6O2. The van der Waals surface area contributed by atoms with Crippen LogP contribution in [0.1, 0.15) is 25.7 Å². The van der Waals surface area contributed by atoms with E-state index in [2.05, 4.69) is 15.4 Å². The van der Waals surface area contributed by atoms with Crippen molar-refractivity contribution in [3.63, 3.8) is 0 Å². The van der Waals surface area contributed by atoms with Crippen LogP contribution in [0.3, 0.4) is 0 Å². The van der Waals surface area contributed by atoms with Crippen LogP contribution < -0.4 is 16.2 Å². The first-order chi connectivity index (χ1) is 8.65. The predicted octanol–water partition coefficient (Wildman–Crippen LogP) is 1.05. The first kappa shape index (κ1) is 12.5. The molecule has 1 aromatic heterocycles. The third-order valence-corrected chi connectivity index (χ3v) is 3.33. The van der Waals surface area contributed by atoms with Gasteiger partial charge in [0, 0.05) is 13.1 Å². The lowest BCUT2D eigenvalue weighted by Gasteiger charge is -2.25. The minimum atomic E-state index is -0.504. The fourth-order valence-corrected chi connectivity index (χ4v) is 2.37. The molecule has 0 aliphatic heterocycles. The molecule has 1 fully saturated rings. The number of aromatic nitrogens is 2. The fraction of sp³-hybridized carbons (Fsp3) is 0.600. The molecule has 1 heterocycles. The van der Waals surface area contributed by atoms with Gasteiger partial charge in [-0.25, -0.2) is 15.8 Å². The average Bonchev–Trinajstić information content (AvgIpc) is 2.90. The van der Waals surface area contributed by atoms with E-state index in [-0.39, 0.29) is 11.5 Å². The fourth-order valence-electron chi connectivity index (χ4n) is 2.37. The van der Waals surface area contributed by atoms with Gasteiger partial charge in [-0.15, -0.1) is 0 Å². The van der Waals surface area contributed by atoms with E-state index in [1.165, 1.54) is 6.33 Å². The molecular weight excluding hydrogens is 236 g/mol. The molecule has 0 aromatic carbocycles. The van der Waals surface area contributed by atoms with Gasteiger partial charge in [-0.2, -0.15) is 0 Å². The first-order valence-corrected chi connectivity index (χ1v) is 5.84. The predicted molar refractivity (Wildman–Crippen MR) is 67.2 cm³/mol. The molecule has 2 rings (SSSR count). The van der Waals surface area contributed by atoms with Crippen LogP contribution in [-0.4, -0.2) is 28.0 Å². The van der Waals surface area contributed by atoms with E-state index in [1.807, 2.05) is 11.9 Å². The van der Waals surface area contributed by atoms with Crippen molar-refractivity contribution in [3.05, 3.63) is 16.4 Å². The molecule has 0 radical (unpaired) electrons. The van der Waals surface area contributed by atoms with E-state index >= 15 is 0 Å². The summed E-state index contributed by atoms with van der Waals surface area (Å²) < 4.78 is 0. The van der Waals surface area contributed by atoms with Crippen LogP contribution in [0, 0.1) is 10.1 Å². The lowest BCUT2D eigenvalue weighted by Crippen LogP contribution is -2.30. The highest BCUT2D eigenvalue weighted by atomic mass is 16.6. The van der Waals surface area contributed by atoms with Crippen molar-refractivity contribution in [1.82, 2.24) is 9.97 Å². The summed E-state index contributed by atoms with van der Waals surface area (Å²) in [5, 5.41) is 11.1. The van der Waals surface area contributed by atoms with Gasteiger partial charge in [0.1, 0.15) is 6.33 Å². The summed E-state index contributed by atoms with van der Waals surface area (Å²) in [7, 11) is 1.83. The van der Waals surface area contributed by atoms with Crippen LogP contribution in [0.25, 0.3) is 0 Å². The van der Waals surface area contributed by atoms with Gasteiger partial charge in [0.25, 0.3) is 0 Å². The maximum atomic E-state index is 11.1. The molecule has 3 N–H and O–H groups in total. The Morgan fingerprint density at radius 3 is 2.72 bits per heavy atom. The van der Waals surface area contributed by atoms with Gasteiger partial charge in [0.15, 0.2) is 0 Å². The zero-order valence-corrected chi connectivity index (χ0v) is 10.2. The second-order valence-electron chi connectivity index (χ2n) is 4.35. The summed E-state index contributed by atoms with van der Waals surface area (Å²) in [6, 6.07) is 0.296. The molecule has 1 aliphatic rings. The number of nitrogens with one attached hydrogen (secondary N) is 1. The van der Waals surface area contributed by atoms with Crippen LogP contribution in [0.15, 0.2) is 6.33 Å². The summed E-state index contributed by atoms with van der Waals surface area (Å²) in [6.07, 6.45) is 5.64. The Morgan fingerprint density at radius 1 is 1.50 bits per heavy atom. The maximum absolute atomic E-state index is 11.1. The standard InChI is InChI=1S/C10H16N6O2/c1-15(7-4-2-3-5-7)10-8(16(17)18)9(14-11)12-6-13-10/h6-7H,2-5,11H2,1H3,(H,12,13,14). The van der Waals surface area contributed by atoms with E-state index < -0.39 is 4.92 Å². The number of hydrogen-bond donors (Lipinski definition) is 2. The van der Waals surface area contributed by atoms with E-state index in [9.17, 15) is 10.1 Å². The van der Waals surface area contributed by atoms with Crippen LogP contribution in [0.4, 0.5) is 17.3 Å². The van der Waals surface area contributed by atoms with E-state index in [0.717, 1.165) is 25.7 Å². The van der Waals surface area contributed by atoms with E-state index in [1.54, 1.807) is 0 Å². The Kier molecular flexibility index (Phi) is 3.56. The van der Waals surface area contributed by atoms with Gasteiger partial charge in [-0.05, 0) is 12.8 Å². The van der Waals surface area contributed by atoms with Crippen molar-refractivity contribution in [3.8, 4) is 0 Å². The molecule has 0 bridgehead atoms. The van der Waals surface area contributed by atoms with Crippen LogP contribution in [0.5, 0.6) is 0 Å². The maximum Gasteiger partial charge on any atom is 0.354 e. The number of rotatable bonds is 4. The summed E-state index contributed by atoms with van der Waals surface area (Å²) in [6.45, 7) is 0. The Hall–Kier alpha value is -1.96. The van der Waals surface area contributed by atoms with Gasteiger partial charge in [-0.1, -0.05) is 12.8 Å². The van der Waals surface area contributed by atoms with E-state index in [0.29, 0.717) is 11.9 Å². The van der Waals surface area contributed by atoms with Gasteiger partial charge in [0.2, 0.25) is 11.6 Å². The Morgan fingerprint density at radius 2 is 2.17 bits per heavy atom. The first-order valence-electron chi connectivity index (χ1n) is 5.84. The number of hydrazine groups is 1. The molecule has 1 aliphatic carbocycles. The second-order valence-corrected chi connectivity index (χ2v) is 4.35. The molecule has 8 nitrogen and oxygen atoms in total. The zero-order chi connectivity index (χ0) is 13.1. The third kappa shape index (κ3) is 2.19. The normalized spacial score (nSPS) is 15.7. The van der Waals surface area contributed by atoms with Crippen LogP contribution >= 0.6 is 0 Å². The van der Waals surface area contributed by atoms with Gasteiger partial charge in [-0.3, -0.25) is 10.1 Å². The lowest BCUT2D eigenvalue weighted by molar-refractivity contribution is -0.383. The van der Waals surface area contributed by atoms with Crippen molar-refractivity contribution in [2.24, 2.45) is 5.84 Å². The SMILES string of the molecule is CN(c1ncnc(NN)c1[N+](=O)[O-])C1CCCC1. The molecule has 8 heteroatoms. The Labute approximate surface area is 104 Å². The molecule has 98 valence electrons. The minimum absolute atomic E-state index is 0.0369. The molecule has 0 unspecified atom stereocenters. The summed E-state index contributed by atoms with van der Waals surface area (Å²) >= 11 is 0. The van der Waals surface area contributed by atoms with Crippen LogP contribution in [-0.2, 0) is 0 Å². The van der Waals surface area contributed by atoms with Gasteiger partial charge in [0.05, 0.1) is 4.92 Å². The molecule has 18 heavy (non-hydrogen) atoms. The van der Waals surface area contributed by atoms with Gasteiger partial charge < -0.3 is 10.3 Å². The quantitative estimate of drug-likeness (QED) is 0.468. The average molecular weight is 252 g/mol. The Balaban J connectivity index is 2.39. The highest BCUT2D eigenvalue weighted by Gasteiger charge is 2.29. The summed E-state index contributed by atoms with van der Waals surface area (Å²) in [4.78, 5) is 20.3. The summed E-state index contributed by atoms with van der Waals surface area (Å²) in [5.74, 6) is 5.60. The topological polar surface area (TPSA) is 110 Å². The summed E-state index contributed by atoms with van der Waals surface area (Å²) in [5.41, 5.74) is 2.07. The highest BCUT2D eigenvalue weighted by Crippen LogP contribution is 2.34. The van der Waals surface area contributed by atoms with Crippen molar-refractivity contribution >= 4 is 17.3 Å². The van der Waals surface area contributed by atoms with Crippen molar-refractivity contribution < 1.29 is 4.92 Å². The second kappa shape index (κ2) is 5.13. The monoisotopic (exact) mass is 252 g/mol. The number of hydrogen-bond acceptors (Lipinski definition) is 7. The van der Waals surface area contributed by atoms with Crippen molar-refractivity contribution in [2.45, 2.75) is 31.7 Å². The number of nitrogens with two attached hydrogens (primary N) is 1. The minimum Gasteiger partial charge on any atom is -0.351 e. The number of anilines is 2. The Bertz CT molecular complexity index is 446. The third-order valence-electron chi connectivity index (χ3n) is 3.33. The van der Waals surface area contributed by atoms with Gasteiger partial charge >= 0.3 is 5.69 Å². The zero-order valence-electron chi connectivity index (χ0n) is 10.2. The molecule has 1 aromatic rings. The molecule has 0 atom stereocenters. The van der Waals surface area contributed by atoms with E-state index in [4.69, 9.17) is 5.84 Å². The lowest BCUT2D eigenvalue weighted by atomic mass is 10.2. The molecule has 1 saturated carbocycles. The highest BCUT2D eigenvalue weighted by molar-refractivity contribution is 5.69. The number of nitro groups is 1. The largest absolute Gasteiger partial charge is 0.354 e. The molecule has 0 amide bonds. The number of nitrogen functional groups attached to an aromatic ring is 1. The smallest absolute Gasteiger partial charge is 0.351 e. The van der Waals surface area contributed by atoms with Crippen LogP contribution in [0.2, 0.25) is 0 Å². The number of nitrogens with zero attached hydrogens (tertiary/aromatic N) is 4. The molecule has 0 spiro atoms.